The molecule has 0 aromatic heterocycles. The van der Waals surface area contributed by atoms with Crippen LogP contribution in [-0.2, 0) is 9.78 Å². The van der Waals surface area contributed by atoms with Crippen LogP contribution in [-0.4, -0.2) is 16.8 Å². The van der Waals surface area contributed by atoms with Crippen molar-refractivity contribution in [3.63, 3.8) is 0 Å². The monoisotopic (exact) mass is 262 g/mol. The smallest absolute Gasteiger partial charge is 0.226 e. The van der Waals surface area contributed by atoms with Crippen LogP contribution in [0.5, 0.6) is 0 Å². The Morgan fingerprint density at radius 2 is 1.28 bits per heavy atom. The van der Waals surface area contributed by atoms with Crippen LogP contribution in [0, 0.1) is 5.92 Å². The topological polar surface area (TPSA) is 58.9 Å². The number of rotatable bonds is 13. The summed E-state index contributed by atoms with van der Waals surface area (Å²) in [5.74, 6) is 0.0556. The zero-order valence-electron chi connectivity index (χ0n) is 11.9. The fraction of sp³-hybridized carbons (Fsp3) is 1.00. The molecule has 0 fully saturated rings. The average molecular weight is 262 g/mol. The van der Waals surface area contributed by atoms with E-state index in [2.05, 4.69) is 16.7 Å². The van der Waals surface area contributed by atoms with Gasteiger partial charge >= 0.3 is 0 Å². The largest absolute Gasteiger partial charge is 0.249 e. The molecule has 0 aliphatic heterocycles. The molecule has 0 aromatic carbocycles. The van der Waals surface area contributed by atoms with Crippen molar-refractivity contribution in [2.45, 2.75) is 84.3 Å². The first-order chi connectivity index (χ1) is 8.79. The third kappa shape index (κ3) is 8.86. The average Bonchev–Trinajstić information content (AvgIpc) is 2.40. The van der Waals surface area contributed by atoms with E-state index in [0.29, 0.717) is 0 Å². The molecule has 0 bridgehead atoms. The molecule has 0 aromatic rings. The van der Waals surface area contributed by atoms with Crippen molar-refractivity contribution in [2.75, 3.05) is 0 Å². The highest BCUT2D eigenvalue weighted by molar-refractivity contribution is 4.60. The minimum Gasteiger partial charge on any atom is -0.249 e. The molecular weight excluding hydrogens is 232 g/mol. The van der Waals surface area contributed by atoms with E-state index in [1.54, 1.807) is 0 Å². The second-order valence-corrected chi connectivity index (χ2v) is 5.01. The summed E-state index contributed by atoms with van der Waals surface area (Å²) >= 11 is 0. The van der Waals surface area contributed by atoms with Crippen molar-refractivity contribution in [2.24, 2.45) is 5.92 Å². The standard InChI is InChI=1S/C14H30O4/c1-3-5-6-7-8-9-10-11-12-13(4-2)14(17-15)18-16/h13-16H,3-12H2,1-2H3. The summed E-state index contributed by atoms with van der Waals surface area (Å²) in [6.07, 6.45) is 11.0. The normalized spacial score (nSPS) is 13.2. The summed E-state index contributed by atoms with van der Waals surface area (Å²) in [7, 11) is 0. The predicted molar refractivity (Wildman–Crippen MR) is 72.2 cm³/mol. The molecule has 4 nitrogen and oxygen atoms in total. The summed E-state index contributed by atoms with van der Waals surface area (Å²) in [5.41, 5.74) is 0. The highest BCUT2D eigenvalue weighted by atomic mass is 17.2. The lowest BCUT2D eigenvalue weighted by molar-refractivity contribution is -0.444. The van der Waals surface area contributed by atoms with Crippen LogP contribution in [0.15, 0.2) is 0 Å². The summed E-state index contributed by atoms with van der Waals surface area (Å²) in [4.78, 5) is 8.21. The Morgan fingerprint density at radius 1 is 0.778 bits per heavy atom. The lowest BCUT2D eigenvalue weighted by Gasteiger charge is -2.20. The van der Waals surface area contributed by atoms with Gasteiger partial charge in [0.05, 0.1) is 0 Å². The Hall–Kier alpha value is -0.160. The van der Waals surface area contributed by atoms with Crippen molar-refractivity contribution in [3.8, 4) is 0 Å². The summed E-state index contributed by atoms with van der Waals surface area (Å²) in [6.45, 7) is 4.23. The minimum absolute atomic E-state index is 0.0556. The molecule has 0 aliphatic carbocycles. The lowest BCUT2D eigenvalue weighted by atomic mass is 9.97. The predicted octanol–water partition coefficient (Wildman–Crippen LogP) is 4.85. The van der Waals surface area contributed by atoms with Crippen LogP contribution in [0.1, 0.15) is 78.1 Å². The van der Waals surface area contributed by atoms with Gasteiger partial charge in [-0.25, -0.2) is 20.3 Å². The highest BCUT2D eigenvalue weighted by Gasteiger charge is 2.21. The molecule has 2 N–H and O–H groups in total. The quantitative estimate of drug-likeness (QED) is 0.216. The van der Waals surface area contributed by atoms with E-state index in [1.807, 2.05) is 6.92 Å². The first kappa shape index (κ1) is 17.8. The van der Waals surface area contributed by atoms with Crippen LogP contribution in [0.3, 0.4) is 0 Å². The molecular formula is C14H30O4. The van der Waals surface area contributed by atoms with Gasteiger partial charge in [-0.2, -0.15) is 0 Å². The third-order valence-corrected chi connectivity index (χ3v) is 3.55. The van der Waals surface area contributed by atoms with Crippen molar-refractivity contribution < 1.29 is 20.3 Å². The van der Waals surface area contributed by atoms with Crippen LogP contribution < -0.4 is 0 Å². The number of unbranched alkanes of at least 4 members (excludes halogenated alkanes) is 7. The van der Waals surface area contributed by atoms with E-state index >= 15 is 0 Å². The van der Waals surface area contributed by atoms with Crippen LogP contribution in [0.4, 0.5) is 0 Å². The molecule has 0 saturated heterocycles. The van der Waals surface area contributed by atoms with Crippen LogP contribution >= 0.6 is 0 Å². The summed E-state index contributed by atoms with van der Waals surface area (Å²) in [5, 5.41) is 17.1. The van der Waals surface area contributed by atoms with Gasteiger partial charge in [-0.15, -0.1) is 0 Å². The van der Waals surface area contributed by atoms with Gasteiger partial charge in [0.25, 0.3) is 0 Å². The van der Waals surface area contributed by atoms with Crippen LogP contribution in [0.25, 0.3) is 0 Å². The minimum atomic E-state index is -0.903. The van der Waals surface area contributed by atoms with Gasteiger partial charge in [-0.05, 0) is 12.8 Å². The third-order valence-electron chi connectivity index (χ3n) is 3.55. The van der Waals surface area contributed by atoms with E-state index in [-0.39, 0.29) is 5.92 Å². The van der Waals surface area contributed by atoms with Gasteiger partial charge in [-0.1, -0.05) is 65.2 Å². The lowest BCUT2D eigenvalue weighted by Crippen LogP contribution is -2.24. The molecule has 18 heavy (non-hydrogen) atoms. The molecule has 0 rings (SSSR count). The zero-order valence-corrected chi connectivity index (χ0v) is 11.9. The second kappa shape index (κ2) is 13.3. The fourth-order valence-corrected chi connectivity index (χ4v) is 2.26. The Labute approximate surface area is 111 Å². The summed E-state index contributed by atoms with van der Waals surface area (Å²) < 4.78 is 0. The van der Waals surface area contributed by atoms with Crippen molar-refractivity contribution in [3.05, 3.63) is 0 Å². The van der Waals surface area contributed by atoms with Gasteiger partial charge in [-0.3, -0.25) is 0 Å². The first-order valence-corrected chi connectivity index (χ1v) is 7.40. The fourth-order valence-electron chi connectivity index (χ4n) is 2.26. The van der Waals surface area contributed by atoms with Gasteiger partial charge in [0, 0.05) is 5.92 Å². The molecule has 0 amide bonds. The summed E-state index contributed by atoms with van der Waals surface area (Å²) in [6, 6.07) is 0. The number of hydrogen-bond donors (Lipinski definition) is 2. The molecule has 1 unspecified atom stereocenters. The maximum atomic E-state index is 8.57. The molecule has 0 spiro atoms. The Balaban J connectivity index is 3.45. The number of hydrogen-bond acceptors (Lipinski definition) is 4. The maximum absolute atomic E-state index is 8.57. The highest BCUT2D eigenvalue weighted by Crippen LogP contribution is 2.20. The van der Waals surface area contributed by atoms with E-state index < -0.39 is 6.29 Å². The van der Waals surface area contributed by atoms with Gasteiger partial charge < -0.3 is 0 Å². The van der Waals surface area contributed by atoms with Gasteiger partial charge in [0.15, 0.2) is 0 Å². The SMILES string of the molecule is CCCCCCCCCCC(CC)C(OO)OO. The van der Waals surface area contributed by atoms with Crippen molar-refractivity contribution >= 4 is 0 Å². The molecule has 0 aliphatic rings. The van der Waals surface area contributed by atoms with Gasteiger partial charge in [0.1, 0.15) is 0 Å². The van der Waals surface area contributed by atoms with E-state index in [4.69, 9.17) is 10.5 Å². The molecule has 4 heteroatoms. The van der Waals surface area contributed by atoms with Crippen molar-refractivity contribution in [1.29, 1.82) is 0 Å². The molecule has 0 saturated carbocycles. The second-order valence-electron chi connectivity index (χ2n) is 5.01. The van der Waals surface area contributed by atoms with Crippen molar-refractivity contribution in [1.82, 2.24) is 0 Å². The Morgan fingerprint density at radius 3 is 1.72 bits per heavy atom. The zero-order chi connectivity index (χ0) is 13.6. The molecule has 1 atom stereocenters. The first-order valence-electron chi connectivity index (χ1n) is 7.40. The molecule has 0 heterocycles. The maximum Gasteiger partial charge on any atom is 0.226 e. The van der Waals surface area contributed by atoms with Crippen LogP contribution in [0.2, 0.25) is 0 Å². The van der Waals surface area contributed by atoms with E-state index in [1.165, 1.54) is 44.9 Å². The Bertz CT molecular complexity index is 160. The van der Waals surface area contributed by atoms with Gasteiger partial charge in [0.2, 0.25) is 6.29 Å². The van der Waals surface area contributed by atoms with E-state index in [0.717, 1.165) is 19.3 Å². The van der Waals surface area contributed by atoms with E-state index in [9.17, 15) is 0 Å². The Kier molecular flexibility index (Phi) is 13.2. The molecule has 110 valence electrons. The molecule has 0 radical (unpaired) electrons.